The lowest BCUT2D eigenvalue weighted by atomic mass is 9.92. The number of carboxylic acids is 1. The zero-order chi connectivity index (χ0) is 27.9. The van der Waals surface area contributed by atoms with Crippen molar-refractivity contribution in [3.05, 3.63) is 101 Å². The van der Waals surface area contributed by atoms with E-state index in [2.05, 4.69) is 10.4 Å². The Hall–Kier alpha value is -4.14. The van der Waals surface area contributed by atoms with Crippen LogP contribution in [-0.4, -0.2) is 38.9 Å². The number of nitrogens with zero attached hydrogens (tertiary/aromatic N) is 2. The SMILES string of the molecule is O=C(Cn1nc(C(=O)O)cc1Oc1ccccc1-c1ccc(Cl)cc1)N[C@H]1CCCC[C@@H]1OCc1ccccc1. The summed E-state index contributed by atoms with van der Waals surface area (Å²) in [5, 5.41) is 17.4. The highest BCUT2D eigenvalue weighted by Gasteiger charge is 2.28. The molecule has 1 aliphatic carbocycles. The fourth-order valence-corrected chi connectivity index (χ4v) is 4.99. The van der Waals surface area contributed by atoms with Crippen molar-refractivity contribution in [3.63, 3.8) is 0 Å². The Bertz CT molecular complexity index is 1460. The number of nitrogens with one attached hydrogen (secondary N) is 1. The third-order valence-electron chi connectivity index (χ3n) is 6.87. The number of ether oxygens (including phenoxy) is 2. The number of carboxylic acid groups (broad SMARTS) is 1. The molecule has 40 heavy (non-hydrogen) atoms. The maximum Gasteiger partial charge on any atom is 0.356 e. The molecule has 4 aromatic rings. The van der Waals surface area contributed by atoms with Crippen molar-refractivity contribution < 1.29 is 24.2 Å². The van der Waals surface area contributed by atoms with E-state index in [0.29, 0.717) is 17.4 Å². The Balaban J connectivity index is 1.30. The molecule has 1 heterocycles. The van der Waals surface area contributed by atoms with E-state index in [4.69, 9.17) is 21.1 Å². The van der Waals surface area contributed by atoms with Gasteiger partial charge in [-0.1, -0.05) is 85.1 Å². The molecule has 1 aliphatic rings. The Morgan fingerprint density at radius 1 is 0.975 bits per heavy atom. The highest BCUT2D eigenvalue weighted by Crippen LogP contribution is 2.34. The number of halogens is 1. The average Bonchev–Trinajstić information content (AvgIpc) is 3.36. The molecule has 0 unspecified atom stereocenters. The largest absolute Gasteiger partial charge is 0.476 e. The summed E-state index contributed by atoms with van der Waals surface area (Å²) in [6, 6.07) is 25.8. The van der Waals surface area contributed by atoms with Crippen molar-refractivity contribution in [1.29, 1.82) is 0 Å². The van der Waals surface area contributed by atoms with Crippen LogP contribution in [0, 0.1) is 0 Å². The van der Waals surface area contributed by atoms with Crippen molar-refractivity contribution >= 4 is 23.5 Å². The second-order valence-electron chi connectivity index (χ2n) is 9.73. The van der Waals surface area contributed by atoms with Gasteiger partial charge in [0.2, 0.25) is 11.8 Å². The van der Waals surface area contributed by atoms with Crippen LogP contribution >= 0.6 is 11.6 Å². The lowest BCUT2D eigenvalue weighted by molar-refractivity contribution is -0.124. The molecule has 1 saturated carbocycles. The van der Waals surface area contributed by atoms with Crippen LogP contribution in [0.5, 0.6) is 11.6 Å². The molecular weight excluding hydrogens is 530 g/mol. The predicted molar refractivity (Wildman–Crippen MR) is 152 cm³/mol. The number of aromatic nitrogens is 2. The monoisotopic (exact) mass is 559 g/mol. The lowest BCUT2D eigenvalue weighted by Crippen LogP contribution is -2.47. The number of para-hydroxylation sites is 1. The van der Waals surface area contributed by atoms with Gasteiger partial charge in [0.25, 0.3) is 0 Å². The maximum atomic E-state index is 13.2. The van der Waals surface area contributed by atoms with E-state index in [0.717, 1.165) is 42.4 Å². The number of rotatable bonds is 10. The van der Waals surface area contributed by atoms with Gasteiger partial charge in [0.15, 0.2) is 5.69 Å². The molecule has 0 spiro atoms. The van der Waals surface area contributed by atoms with Gasteiger partial charge in [-0.05, 0) is 42.2 Å². The molecule has 5 rings (SSSR count). The Morgan fingerprint density at radius 2 is 1.70 bits per heavy atom. The second-order valence-corrected chi connectivity index (χ2v) is 10.2. The van der Waals surface area contributed by atoms with E-state index in [1.807, 2.05) is 60.7 Å². The molecule has 8 nitrogen and oxygen atoms in total. The molecule has 0 saturated heterocycles. The minimum Gasteiger partial charge on any atom is -0.476 e. The Labute approximate surface area is 237 Å². The molecular formula is C31H30ClN3O5. The smallest absolute Gasteiger partial charge is 0.356 e. The van der Waals surface area contributed by atoms with Crippen molar-refractivity contribution in [2.45, 2.75) is 51.0 Å². The second kappa shape index (κ2) is 12.8. The third kappa shape index (κ3) is 6.89. The molecule has 2 N–H and O–H groups in total. The third-order valence-corrected chi connectivity index (χ3v) is 7.12. The minimum absolute atomic E-state index is 0.105. The molecule has 206 valence electrons. The van der Waals surface area contributed by atoms with E-state index in [9.17, 15) is 14.7 Å². The topological polar surface area (TPSA) is 103 Å². The molecule has 0 aliphatic heterocycles. The first kappa shape index (κ1) is 27.4. The van der Waals surface area contributed by atoms with Crippen LogP contribution in [0.4, 0.5) is 0 Å². The van der Waals surface area contributed by atoms with Crippen molar-refractivity contribution in [2.24, 2.45) is 0 Å². The van der Waals surface area contributed by atoms with Crippen molar-refractivity contribution in [3.8, 4) is 22.8 Å². The number of hydrogen-bond acceptors (Lipinski definition) is 5. The molecule has 1 amide bonds. The van der Waals surface area contributed by atoms with Crippen LogP contribution in [0.2, 0.25) is 5.02 Å². The van der Waals surface area contributed by atoms with E-state index in [1.165, 1.54) is 10.7 Å². The minimum atomic E-state index is -1.21. The fraction of sp³-hybridized carbons (Fsp3) is 0.258. The number of benzene rings is 3. The number of carbonyl (C=O) groups is 2. The molecule has 3 aromatic carbocycles. The fourth-order valence-electron chi connectivity index (χ4n) is 4.86. The van der Waals surface area contributed by atoms with Gasteiger partial charge in [-0.3, -0.25) is 4.79 Å². The number of aromatic carboxylic acids is 1. The summed E-state index contributed by atoms with van der Waals surface area (Å²) >= 11 is 6.05. The van der Waals surface area contributed by atoms with Crippen molar-refractivity contribution in [1.82, 2.24) is 15.1 Å². The first-order valence-electron chi connectivity index (χ1n) is 13.2. The highest BCUT2D eigenvalue weighted by atomic mass is 35.5. The molecule has 0 bridgehead atoms. The van der Waals surface area contributed by atoms with Gasteiger partial charge >= 0.3 is 5.97 Å². The maximum absolute atomic E-state index is 13.2. The summed E-state index contributed by atoms with van der Waals surface area (Å²) in [4.78, 5) is 24.9. The van der Waals surface area contributed by atoms with E-state index < -0.39 is 5.97 Å². The summed E-state index contributed by atoms with van der Waals surface area (Å²) in [5.74, 6) is -0.868. The summed E-state index contributed by atoms with van der Waals surface area (Å²) in [5.41, 5.74) is 2.53. The average molecular weight is 560 g/mol. The van der Waals surface area contributed by atoms with Crippen LogP contribution in [0.15, 0.2) is 84.9 Å². The molecule has 1 fully saturated rings. The molecule has 1 aromatic heterocycles. The Kier molecular flexibility index (Phi) is 8.78. The number of amides is 1. The first-order chi connectivity index (χ1) is 19.5. The standard InChI is InChI=1S/C31H30ClN3O5/c32-23-16-14-22(15-17-23)24-10-4-6-12-27(24)40-30-18-26(31(37)38)34-35(30)19-29(36)33-25-11-5-7-13-28(25)39-20-21-8-2-1-3-9-21/h1-4,6,8-10,12,14-18,25,28H,5,7,11,13,19-20H2,(H,33,36)(H,37,38)/t25-,28-/m0/s1. The van der Waals surface area contributed by atoms with Crippen LogP contribution in [0.3, 0.4) is 0 Å². The van der Waals surface area contributed by atoms with Crippen LogP contribution in [-0.2, 0) is 22.7 Å². The summed E-state index contributed by atoms with van der Waals surface area (Å²) in [6.07, 6.45) is 3.60. The van der Waals surface area contributed by atoms with Gasteiger partial charge in [-0.25, -0.2) is 9.48 Å². The van der Waals surface area contributed by atoms with E-state index in [-0.39, 0.29) is 36.2 Å². The number of carbonyl (C=O) groups excluding carboxylic acids is 1. The van der Waals surface area contributed by atoms with Gasteiger partial charge < -0.3 is 19.9 Å². The van der Waals surface area contributed by atoms with Gasteiger partial charge in [-0.15, -0.1) is 0 Å². The predicted octanol–water partition coefficient (Wildman–Crippen LogP) is 6.34. The zero-order valence-electron chi connectivity index (χ0n) is 21.8. The van der Waals surface area contributed by atoms with Gasteiger partial charge in [0.05, 0.1) is 18.8 Å². The molecule has 0 radical (unpaired) electrons. The molecule has 9 heteroatoms. The zero-order valence-corrected chi connectivity index (χ0v) is 22.6. The number of hydrogen-bond donors (Lipinski definition) is 2. The summed E-state index contributed by atoms with van der Waals surface area (Å²) < 4.78 is 13.6. The quantitative estimate of drug-likeness (QED) is 0.235. The molecule has 2 atom stereocenters. The van der Waals surface area contributed by atoms with Crippen molar-refractivity contribution in [2.75, 3.05) is 0 Å². The first-order valence-corrected chi connectivity index (χ1v) is 13.6. The van der Waals surface area contributed by atoms with Crippen LogP contribution in [0.1, 0.15) is 41.7 Å². The van der Waals surface area contributed by atoms with E-state index >= 15 is 0 Å². The van der Waals surface area contributed by atoms with Gasteiger partial charge in [0.1, 0.15) is 12.3 Å². The highest BCUT2D eigenvalue weighted by molar-refractivity contribution is 6.30. The summed E-state index contributed by atoms with van der Waals surface area (Å²) in [6.45, 7) is 0.275. The van der Waals surface area contributed by atoms with E-state index in [1.54, 1.807) is 18.2 Å². The Morgan fingerprint density at radius 3 is 2.48 bits per heavy atom. The van der Waals surface area contributed by atoms with Gasteiger partial charge in [0, 0.05) is 16.7 Å². The van der Waals surface area contributed by atoms with Crippen LogP contribution in [0.25, 0.3) is 11.1 Å². The lowest BCUT2D eigenvalue weighted by Gasteiger charge is -2.32. The summed E-state index contributed by atoms with van der Waals surface area (Å²) in [7, 11) is 0. The van der Waals surface area contributed by atoms with Crippen LogP contribution < -0.4 is 10.1 Å². The van der Waals surface area contributed by atoms with Gasteiger partial charge in [-0.2, -0.15) is 5.10 Å². The normalized spacial score (nSPS) is 16.8.